The summed E-state index contributed by atoms with van der Waals surface area (Å²) in [4.78, 5) is 4.27. The summed E-state index contributed by atoms with van der Waals surface area (Å²) in [7, 11) is 0. The molecule has 84 valence electrons. The van der Waals surface area contributed by atoms with Crippen LogP contribution in [-0.2, 0) is 6.54 Å². The van der Waals surface area contributed by atoms with Crippen LogP contribution in [0.3, 0.4) is 0 Å². The smallest absolute Gasteiger partial charge is 0.0952 e. The summed E-state index contributed by atoms with van der Waals surface area (Å²) in [6.07, 6.45) is 1.85. The fourth-order valence-electron chi connectivity index (χ4n) is 1.75. The Hall–Kier alpha value is -1.61. The Morgan fingerprint density at radius 1 is 1.25 bits per heavy atom. The highest BCUT2D eigenvalue weighted by molar-refractivity contribution is 5.19. The van der Waals surface area contributed by atoms with Crippen LogP contribution >= 0.6 is 0 Å². The molecule has 0 radical (unpaired) electrons. The van der Waals surface area contributed by atoms with E-state index in [0.29, 0.717) is 0 Å². The van der Waals surface area contributed by atoms with Gasteiger partial charge in [-0.05, 0) is 19.4 Å². The molecule has 2 N–H and O–H groups in total. The van der Waals surface area contributed by atoms with Gasteiger partial charge in [-0.3, -0.25) is 0 Å². The summed E-state index contributed by atoms with van der Waals surface area (Å²) in [6, 6.07) is 10.2. The Bertz CT molecular complexity index is 459. The van der Waals surface area contributed by atoms with Gasteiger partial charge in [-0.15, -0.1) is 0 Å². The molecule has 1 unspecified atom stereocenters. The zero-order chi connectivity index (χ0) is 11.5. The van der Waals surface area contributed by atoms with E-state index >= 15 is 0 Å². The number of imidazole rings is 1. The quantitative estimate of drug-likeness (QED) is 0.853. The molecule has 0 saturated heterocycles. The molecule has 1 aromatic carbocycles. The average Bonchev–Trinajstić information content (AvgIpc) is 2.62. The summed E-state index contributed by atoms with van der Waals surface area (Å²) < 4.78 is 2.10. The molecule has 0 aliphatic heterocycles. The van der Waals surface area contributed by atoms with E-state index in [9.17, 15) is 0 Å². The molecule has 0 fully saturated rings. The summed E-state index contributed by atoms with van der Waals surface area (Å²) in [6.45, 7) is 4.86. The van der Waals surface area contributed by atoms with Crippen LogP contribution in [0.5, 0.6) is 0 Å². The van der Waals surface area contributed by atoms with E-state index in [0.717, 1.165) is 17.8 Å². The van der Waals surface area contributed by atoms with Gasteiger partial charge in [0.15, 0.2) is 0 Å². The number of hydrogen-bond acceptors (Lipinski definition) is 2. The van der Waals surface area contributed by atoms with E-state index in [2.05, 4.69) is 28.6 Å². The minimum atomic E-state index is 0.0218. The van der Waals surface area contributed by atoms with Crippen molar-refractivity contribution in [3.63, 3.8) is 0 Å². The molecule has 0 spiro atoms. The molecular formula is C13H17N3. The fraction of sp³-hybridized carbons (Fsp3) is 0.308. The highest BCUT2D eigenvalue weighted by atomic mass is 15.1. The Morgan fingerprint density at radius 2 is 1.94 bits per heavy atom. The van der Waals surface area contributed by atoms with E-state index in [1.165, 1.54) is 5.69 Å². The van der Waals surface area contributed by atoms with Crippen LogP contribution in [0.1, 0.15) is 23.0 Å². The zero-order valence-corrected chi connectivity index (χ0v) is 9.72. The number of nitrogens with zero attached hydrogens (tertiary/aromatic N) is 2. The van der Waals surface area contributed by atoms with Gasteiger partial charge in [0.25, 0.3) is 0 Å². The van der Waals surface area contributed by atoms with Gasteiger partial charge in [-0.1, -0.05) is 30.3 Å². The molecule has 1 atom stereocenters. The third-order valence-corrected chi connectivity index (χ3v) is 2.97. The second-order valence-corrected chi connectivity index (χ2v) is 4.08. The topological polar surface area (TPSA) is 43.8 Å². The van der Waals surface area contributed by atoms with Gasteiger partial charge in [-0.2, -0.15) is 0 Å². The van der Waals surface area contributed by atoms with Crippen LogP contribution in [0.2, 0.25) is 0 Å². The first-order valence-corrected chi connectivity index (χ1v) is 5.47. The lowest BCUT2D eigenvalue weighted by atomic mass is 10.1. The molecule has 1 aromatic heterocycles. The van der Waals surface area contributed by atoms with Crippen molar-refractivity contribution < 1.29 is 0 Å². The minimum absolute atomic E-state index is 0.0218. The number of aromatic nitrogens is 2. The first kappa shape index (κ1) is 10.9. The van der Waals surface area contributed by atoms with Crippen LogP contribution in [0.15, 0.2) is 36.7 Å². The first-order chi connectivity index (χ1) is 7.68. The lowest BCUT2D eigenvalue weighted by molar-refractivity contribution is 0.566. The van der Waals surface area contributed by atoms with Crippen LogP contribution in [0, 0.1) is 13.8 Å². The van der Waals surface area contributed by atoms with Crippen LogP contribution < -0.4 is 5.73 Å². The summed E-state index contributed by atoms with van der Waals surface area (Å²) in [5.41, 5.74) is 9.57. The summed E-state index contributed by atoms with van der Waals surface area (Å²) >= 11 is 0. The maximum atomic E-state index is 6.16. The van der Waals surface area contributed by atoms with Crippen molar-refractivity contribution in [2.24, 2.45) is 5.73 Å². The number of rotatable bonds is 3. The van der Waals surface area contributed by atoms with Gasteiger partial charge in [0.1, 0.15) is 0 Å². The molecular weight excluding hydrogens is 198 g/mol. The second-order valence-electron chi connectivity index (χ2n) is 4.08. The molecule has 2 aromatic rings. The number of nitrogens with two attached hydrogens (primary N) is 1. The molecule has 3 nitrogen and oxygen atoms in total. The molecule has 0 saturated carbocycles. The van der Waals surface area contributed by atoms with E-state index < -0.39 is 0 Å². The van der Waals surface area contributed by atoms with Crippen molar-refractivity contribution in [3.05, 3.63) is 53.6 Å². The Labute approximate surface area is 95.9 Å². The fourth-order valence-corrected chi connectivity index (χ4v) is 1.75. The normalized spacial score (nSPS) is 12.7. The predicted molar refractivity (Wildman–Crippen MR) is 65.1 cm³/mol. The predicted octanol–water partition coefficient (Wildman–Crippen LogP) is 2.20. The lowest BCUT2D eigenvalue weighted by Gasteiger charge is -2.14. The first-order valence-electron chi connectivity index (χ1n) is 5.47. The maximum absolute atomic E-state index is 6.16. The van der Waals surface area contributed by atoms with Crippen LogP contribution in [-0.4, -0.2) is 9.55 Å². The van der Waals surface area contributed by atoms with E-state index in [1.54, 1.807) is 0 Å². The highest BCUT2D eigenvalue weighted by Crippen LogP contribution is 2.14. The maximum Gasteiger partial charge on any atom is 0.0952 e. The summed E-state index contributed by atoms with van der Waals surface area (Å²) in [5.74, 6) is 0. The highest BCUT2D eigenvalue weighted by Gasteiger charge is 2.08. The molecule has 0 aliphatic carbocycles. The number of hydrogen-bond donors (Lipinski definition) is 1. The van der Waals surface area contributed by atoms with Crippen LogP contribution in [0.4, 0.5) is 0 Å². The molecule has 3 heteroatoms. The number of benzene rings is 1. The molecule has 0 bridgehead atoms. The molecule has 2 rings (SSSR count). The summed E-state index contributed by atoms with van der Waals surface area (Å²) in [5, 5.41) is 0. The molecule has 1 heterocycles. The Balaban J connectivity index is 2.14. The van der Waals surface area contributed by atoms with Gasteiger partial charge in [0.2, 0.25) is 0 Å². The minimum Gasteiger partial charge on any atom is -0.333 e. The molecule has 0 amide bonds. The van der Waals surface area contributed by atoms with Crippen molar-refractivity contribution in [1.82, 2.24) is 9.55 Å². The van der Waals surface area contributed by atoms with E-state index in [4.69, 9.17) is 5.73 Å². The third-order valence-electron chi connectivity index (χ3n) is 2.97. The molecule has 16 heavy (non-hydrogen) atoms. The van der Waals surface area contributed by atoms with E-state index in [-0.39, 0.29) is 6.04 Å². The van der Waals surface area contributed by atoms with Gasteiger partial charge in [0.05, 0.1) is 12.0 Å². The lowest BCUT2D eigenvalue weighted by Crippen LogP contribution is -2.17. The Kier molecular flexibility index (Phi) is 3.06. The van der Waals surface area contributed by atoms with E-state index in [1.807, 2.05) is 31.5 Å². The van der Waals surface area contributed by atoms with Crippen molar-refractivity contribution in [3.8, 4) is 0 Å². The zero-order valence-electron chi connectivity index (χ0n) is 9.72. The monoisotopic (exact) mass is 215 g/mol. The van der Waals surface area contributed by atoms with Gasteiger partial charge in [-0.25, -0.2) is 4.98 Å². The number of aryl methyl sites for hydroxylation is 1. The van der Waals surface area contributed by atoms with Crippen LogP contribution in [0.25, 0.3) is 0 Å². The third kappa shape index (κ3) is 2.14. The van der Waals surface area contributed by atoms with Gasteiger partial charge < -0.3 is 10.3 Å². The average molecular weight is 215 g/mol. The van der Waals surface area contributed by atoms with Crippen molar-refractivity contribution >= 4 is 0 Å². The van der Waals surface area contributed by atoms with Crippen molar-refractivity contribution in [1.29, 1.82) is 0 Å². The second kappa shape index (κ2) is 4.49. The largest absolute Gasteiger partial charge is 0.333 e. The van der Waals surface area contributed by atoms with Crippen molar-refractivity contribution in [2.75, 3.05) is 0 Å². The SMILES string of the molecule is Cc1ncn(CC(N)c2ccccc2)c1C. The Morgan fingerprint density at radius 3 is 2.50 bits per heavy atom. The standard InChI is InChI=1S/C13H17N3/c1-10-11(2)16(9-15-10)8-13(14)12-6-4-3-5-7-12/h3-7,9,13H,8,14H2,1-2H3. The van der Waals surface area contributed by atoms with Crippen molar-refractivity contribution in [2.45, 2.75) is 26.4 Å². The van der Waals surface area contributed by atoms with Gasteiger partial charge >= 0.3 is 0 Å². The van der Waals surface area contributed by atoms with Gasteiger partial charge in [0, 0.05) is 18.3 Å². The molecule has 0 aliphatic rings.